The van der Waals surface area contributed by atoms with E-state index in [1.165, 1.54) is 48.5 Å². The third kappa shape index (κ3) is 7.51. The van der Waals surface area contributed by atoms with E-state index in [9.17, 15) is 31.9 Å². The molecule has 2 aromatic carbocycles. The minimum Gasteiger partial charge on any atom is -0.508 e. The first-order valence-corrected chi connectivity index (χ1v) is 10.9. The number of aromatic hydroxyl groups is 1. The fourth-order valence-corrected chi connectivity index (χ4v) is 4.24. The highest BCUT2D eigenvalue weighted by atomic mass is 32.2. The van der Waals surface area contributed by atoms with Crippen LogP contribution in [0.15, 0.2) is 48.5 Å². The molecule has 0 aliphatic rings. The van der Waals surface area contributed by atoms with Crippen molar-refractivity contribution in [2.24, 2.45) is 0 Å². The lowest BCUT2D eigenvalue weighted by Crippen LogP contribution is -2.50. The molecule has 2 amide bonds. The van der Waals surface area contributed by atoms with E-state index in [1.54, 1.807) is 6.07 Å². The number of hydrogen-bond donors (Lipinski definition) is 3. The number of rotatable bonds is 10. The number of para-hydroxylation sites is 1. The van der Waals surface area contributed by atoms with Crippen molar-refractivity contribution in [1.29, 1.82) is 5.26 Å². The number of nitrogens with zero attached hydrogens (tertiary/aromatic N) is 1. The van der Waals surface area contributed by atoms with E-state index in [4.69, 9.17) is 5.26 Å². The van der Waals surface area contributed by atoms with Gasteiger partial charge in [-0.2, -0.15) is 14.0 Å². The Morgan fingerprint density at radius 2 is 1.78 bits per heavy atom. The molecule has 0 fully saturated rings. The van der Waals surface area contributed by atoms with Crippen molar-refractivity contribution in [1.82, 2.24) is 10.6 Å². The Balaban J connectivity index is 2.22. The van der Waals surface area contributed by atoms with Gasteiger partial charge in [0.2, 0.25) is 5.91 Å². The van der Waals surface area contributed by atoms with E-state index in [0.29, 0.717) is 0 Å². The molecular weight excluding hydrogens is 448 g/mol. The van der Waals surface area contributed by atoms with Gasteiger partial charge in [0.15, 0.2) is 9.84 Å². The summed E-state index contributed by atoms with van der Waals surface area (Å²) < 4.78 is 54.9. The van der Waals surface area contributed by atoms with Gasteiger partial charge in [-0.3, -0.25) is 9.59 Å². The summed E-state index contributed by atoms with van der Waals surface area (Å²) in [4.78, 5) is 24.8. The van der Waals surface area contributed by atoms with Gasteiger partial charge in [0.05, 0.1) is 17.6 Å². The van der Waals surface area contributed by atoms with E-state index in [2.05, 4.69) is 15.4 Å². The number of carbonyl (C=O) groups is 2. The van der Waals surface area contributed by atoms with Crippen LogP contribution >= 0.6 is 0 Å². The minimum atomic E-state index is -4.12. The third-order valence-electron chi connectivity index (χ3n) is 4.08. The normalized spacial score (nSPS) is 11.9. The Hall–Kier alpha value is -3.72. The Morgan fingerprint density at radius 3 is 2.41 bits per heavy atom. The Morgan fingerprint density at radius 1 is 1.12 bits per heavy atom. The number of carbonyl (C=O) groups excluding carboxylic acids is 2. The van der Waals surface area contributed by atoms with E-state index in [-0.39, 0.29) is 22.6 Å². The van der Waals surface area contributed by atoms with Crippen LogP contribution in [-0.2, 0) is 20.4 Å². The second kappa shape index (κ2) is 11.1. The summed E-state index contributed by atoms with van der Waals surface area (Å²) >= 11 is 0. The fraction of sp³-hybridized carbons (Fsp3) is 0.250. The maximum Gasteiger partial charge on any atom is 0.387 e. The molecule has 0 saturated heterocycles. The Labute approximate surface area is 182 Å². The molecule has 2 aromatic rings. The topological polar surface area (TPSA) is 146 Å². The SMILES string of the molecule is N#CCNC(=O)[C@H](CS(=O)(=O)Cc1ccccc1OC(F)F)NC(=O)c1ccc(O)cc1. The smallest absolute Gasteiger partial charge is 0.387 e. The average Bonchev–Trinajstić information content (AvgIpc) is 2.72. The molecule has 12 heteroatoms. The lowest BCUT2D eigenvalue weighted by molar-refractivity contribution is -0.122. The van der Waals surface area contributed by atoms with Crippen molar-refractivity contribution in [3.63, 3.8) is 0 Å². The molecule has 0 spiro atoms. The molecule has 0 aromatic heterocycles. The zero-order valence-corrected chi connectivity index (χ0v) is 17.3. The minimum absolute atomic E-state index is 0.0474. The molecule has 170 valence electrons. The van der Waals surface area contributed by atoms with E-state index >= 15 is 0 Å². The van der Waals surface area contributed by atoms with Crippen LogP contribution in [0.25, 0.3) is 0 Å². The van der Waals surface area contributed by atoms with Gasteiger partial charge in [0.1, 0.15) is 24.1 Å². The molecule has 0 bridgehead atoms. The highest BCUT2D eigenvalue weighted by Crippen LogP contribution is 2.23. The molecule has 0 saturated carbocycles. The van der Waals surface area contributed by atoms with Crippen LogP contribution in [0.5, 0.6) is 11.5 Å². The second-order valence-electron chi connectivity index (χ2n) is 6.49. The number of nitrogens with one attached hydrogen (secondary N) is 2. The maximum atomic E-state index is 12.7. The number of ether oxygens (including phenoxy) is 1. The molecule has 9 nitrogen and oxygen atoms in total. The molecule has 0 aliphatic carbocycles. The van der Waals surface area contributed by atoms with Crippen LogP contribution in [0.3, 0.4) is 0 Å². The molecule has 1 atom stereocenters. The maximum absolute atomic E-state index is 12.7. The van der Waals surface area contributed by atoms with Crippen molar-refractivity contribution < 1.29 is 36.6 Å². The summed E-state index contributed by atoms with van der Waals surface area (Å²) in [7, 11) is -4.12. The first-order valence-electron chi connectivity index (χ1n) is 9.09. The number of amides is 2. The first-order chi connectivity index (χ1) is 15.1. The summed E-state index contributed by atoms with van der Waals surface area (Å²) in [5.41, 5.74) is 0.00260. The van der Waals surface area contributed by atoms with Gasteiger partial charge in [-0.25, -0.2) is 8.42 Å². The van der Waals surface area contributed by atoms with E-state index in [0.717, 1.165) is 0 Å². The lowest BCUT2D eigenvalue weighted by Gasteiger charge is -2.18. The first kappa shape index (κ1) is 24.5. The van der Waals surface area contributed by atoms with Gasteiger partial charge in [-0.05, 0) is 30.3 Å². The summed E-state index contributed by atoms with van der Waals surface area (Å²) in [6.07, 6.45) is 0. The summed E-state index contributed by atoms with van der Waals surface area (Å²) in [6, 6.07) is 10.4. The molecule has 32 heavy (non-hydrogen) atoms. The number of alkyl halides is 2. The van der Waals surface area contributed by atoms with E-state index < -0.39 is 52.4 Å². The summed E-state index contributed by atoms with van der Waals surface area (Å²) in [5.74, 6) is -3.73. The number of hydrogen-bond acceptors (Lipinski definition) is 7. The number of phenols is 1. The van der Waals surface area contributed by atoms with Gasteiger partial charge in [-0.1, -0.05) is 18.2 Å². The average molecular weight is 467 g/mol. The van der Waals surface area contributed by atoms with Crippen LogP contribution in [-0.4, -0.2) is 50.3 Å². The quantitative estimate of drug-likeness (QED) is 0.447. The fourth-order valence-electron chi connectivity index (χ4n) is 2.67. The van der Waals surface area contributed by atoms with Crippen LogP contribution in [0.2, 0.25) is 0 Å². The third-order valence-corrected chi connectivity index (χ3v) is 5.67. The largest absolute Gasteiger partial charge is 0.508 e. The van der Waals surface area contributed by atoms with Crippen LogP contribution in [0, 0.1) is 11.3 Å². The Kier molecular flexibility index (Phi) is 8.48. The molecule has 0 heterocycles. The van der Waals surface area contributed by atoms with Gasteiger partial charge in [0.25, 0.3) is 5.91 Å². The molecule has 3 N–H and O–H groups in total. The number of benzene rings is 2. The van der Waals surface area contributed by atoms with Crippen molar-refractivity contribution in [3.8, 4) is 17.6 Å². The van der Waals surface area contributed by atoms with Crippen molar-refractivity contribution >= 4 is 21.7 Å². The van der Waals surface area contributed by atoms with Crippen LogP contribution in [0.4, 0.5) is 8.78 Å². The summed E-state index contributed by atoms with van der Waals surface area (Å²) in [6.45, 7) is -3.58. The monoisotopic (exact) mass is 467 g/mol. The van der Waals surface area contributed by atoms with Crippen LogP contribution < -0.4 is 15.4 Å². The molecular formula is C20H19F2N3O6S. The van der Waals surface area contributed by atoms with Gasteiger partial charge in [-0.15, -0.1) is 0 Å². The highest BCUT2D eigenvalue weighted by molar-refractivity contribution is 7.90. The number of sulfone groups is 1. The number of phenolic OH excluding ortho intramolecular Hbond substituents is 1. The van der Waals surface area contributed by atoms with Crippen molar-refractivity contribution in [2.45, 2.75) is 18.4 Å². The summed E-state index contributed by atoms with van der Waals surface area (Å²) in [5, 5.41) is 22.4. The number of nitriles is 1. The van der Waals surface area contributed by atoms with Gasteiger partial charge >= 0.3 is 6.61 Å². The van der Waals surface area contributed by atoms with E-state index in [1.807, 2.05) is 0 Å². The zero-order valence-electron chi connectivity index (χ0n) is 16.5. The highest BCUT2D eigenvalue weighted by Gasteiger charge is 2.28. The Bertz CT molecular complexity index is 1100. The van der Waals surface area contributed by atoms with Crippen molar-refractivity contribution in [2.75, 3.05) is 12.3 Å². The van der Waals surface area contributed by atoms with Gasteiger partial charge in [0, 0.05) is 11.1 Å². The second-order valence-corrected chi connectivity index (χ2v) is 8.60. The zero-order chi connectivity index (χ0) is 23.7. The van der Waals surface area contributed by atoms with Gasteiger partial charge < -0.3 is 20.5 Å². The molecule has 0 unspecified atom stereocenters. The number of halogens is 2. The lowest BCUT2D eigenvalue weighted by atomic mass is 10.2. The van der Waals surface area contributed by atoms with Crippen molar-refractivity contribution in [3.05, 3.63) is 59.7 Å². The predicted octanol–water partition coefficient (Wildman–Crippen LogP) is 1.35. The molecule has 0 radical (unpaired) electrons. The van der Waals surface area contributed by atoms with Crippen LogP contribution in [0.1, 0.15) is 15.9 Å². The molecule has 0 aliphatic heterocycles. The molecule has 2 rings (SSSR count). The predicted molar refractivity (Wildman–Crippen MR) is 109 cm³/mol. The standard InChI is InChI=1S/C20H19F2N3O6S/c21-20(22)31-17-4-2-1-3-14(17)11-32(29,30)12-16(19(28)24-10-9-23)25-18(27)13-5-7-15(26)8-6-13/h1-8,16,20,26H,10-12H2,(H,24,28)(H,25,27)/t16-/m0/s1.